The molecule has 0 atom stereocenters. The van der Waals surface area contributed by atoms with Gasteiger partial charge in [0.2, 0.25) is 5.95 Å². The molecular weight excluding hydrogens is 264 g/mol. The number of hydrogen-bond donors (Lipinski definition) is 1. The molecule has 1 aliphatic rings. The van der Waals surface area contributed by atoms with Gasteiger partial charge in [-0.05, 0) is 31.5 Å². The number of H-pyrrole nitrogens is 1. The average molecular weight is 286 g/mol. The van der Waals surface area contributed by atoms with Crippen LogP contribution in [0.4, 0.5) is 5.95 Å². The molecule has 108 valence electrons. The van der Waals surface area contributed by atoms with Gasteiger partial charge >= 0.3 is 0 Å². The quantitative estimate of drug-likeness (QED) is 0.554. The third-order valence-electron chi connectivity index (χ3n) is 3.22. The van der Waals surface area contributed by atoms with Crippen molar-refractivity contribution in [2.75, 3.05) is 45.4 Å². The summed E-state index contributed by atoms with van der Waals surface area (Å²) in [4.78, 5) is 2.22. The van der Waals surface area contributed by atoms with Crippen LogP contribution < -0.4 is 4.90 Å². The molecule has 19 heavy (non-hydrogen) atoms. The highest BCUT2D eigenvalue weighted by Gasteiger charge is 2.29. The summed E-state index contributed by atoms with van der Waals surface area (Å²) < 4.78 is 13.1. The Morgan fingerprint density at radius 1 is 1.32 bits per heavy atom. The lowest BCUT2D eigenvalue weighted by atomic mass is 10.4. The second kappa shape index (κ2) is 7.02. The number of aromatic amines is 1. The first-order valence-electron chi connectivity index (χ1n) is 6.67. The third-order valence-corrected chi connectivity index (χ3v) is 3.51. The minimum Gasteiger partial charge on any atom is -0.385 e. The van der Waals surface area contributed by atoms with Gasteiger partial charge in [-0.1, -0.05) is 0 Å². The summed E-state index contributed by atoms with van der Waals surface area (Å²) in [6.07, 6.45) is 3.35. The fraction of sp³-hybridized carbons (Fsp3) is 0.833. The summed E-state index contributed by atoms with van der Waals surface area (Å²) in [5.41, 5.74) is 0. The van der Waals surface area contributed by atoms with Crippen molar-refractivity contribution in [1.29, 1.82) is 0 Å². The van der Waals surface area contributed by atoms with Crippen molar-refractivity contribution < 1.29 is 9.47 Å². The molecule has 1 N–H and O–H groups in total. The van der Waals surface area contributed by atoms with Crippen molar-refractivity contribution in [3.05, 3.63) is 4.77 Å². The van der Waals surface area contributed by atoms with Crippen LogP contribution >= 0.6 is 12.2 Å². The number of aromatic nitrogens is 3. The molecule has 0 unspecified atom stereocenters. The molecule has 1 aliphatic carbocycles. The normalized spacial score (nSPS) is 14.8. The lowest BCUT2D eigenvalue weighted by Gasteiger charge is -2.23. The molecule has 1 heterocycles. The van der Waals surface area contributed by atoms with Gasteiger partial charge in [0.15, 0.2) is 4.77 Å². The van der Waals surface area contributed by atoms with Crippen LogP contribution in [0.5, 0.6) is 0 Å². The highest BCUT2D eigenvalue weighted by molar-refractivity contribution is 7.71. The van der Waals surface area contributed by atoms with Crippen LogP contribution in [0, 0.1) is 4.77 Å². The summed E-state index contributed by atoms with van der Waals surface area (Å²) in [5.74, 6) is 0.931. The van der Waals surface area contributed by atoms with Crippen molar-refractivity contribution in [2.24, 2.45) is 0 Å². The fourth-order valence-corrected chi connectivity index (χ4v) is 2.37. The van der Waals surface area contributed by atoms with E-state index in [0.717, 1.165) is 32.1 Å². The summed E-state index contributed by atoms with van der Waals surface area (Å²) in [7, 11) is 3.44. The molecule has 0 bridgehead atoms. The van der Waals surface area contributed by atoms with E-state index in [2.05, 4.69) is 19.7 Å². The van der Waals surface area contributed by atoms with Gasteiger partial charge in [-0.25, -0.2) is 5.10 Å². The van der Waals surface area contributed by atoms with E-state index in [1.54, 1.807) is 14.2 Å². The van der Waals surface area contributed by atoms with Gasteiger partial charge in [-0.3, -0.25) is 4.57 Å². The van der Waals surface area contributed by atoms with Crippen LogP contribution in [0.2, 0.25) is 0 Å². The molecule has 0 saturated heterocycles. The first-order valence-corrected chi connectivity index (χ1v) is 7.08. The molecule has 0 aromatic carbocycles. The van der Waals surface area contributed by atoms with E-state index in [1.807, 2.05) is 0 Å². The van der Waals surface area contributed by atoms with Gasteiger partial charge in [0.25, 0.3) is 0 Å². The molecule has 1 aromatic rings. The number of methoxy groups -OCH3 is 2. The number of ether oxygens (including phenoxy) is 2. The summed E-state index contributed by atoms with van der Waals surface area (Å²) in [6.45, 7) is 3.13. The monoisotopic (exact) mass is 286 g/mol. The molecule has 1 fully saturated rings. The number of nitrogens with zero attached hydrogens (tertiary/aromatic N) is 3. The van der Waals surface area contributed by atoms with Crippen LogP contribution in [-0.4, -0.2) is 55.3 Å². The number of anilines is 1. The van der Waals surface area contributed by atoms with Gasteiger partial charge in [0, 0.05) is 40.0 Å². The standard InChI is InChI=1S/C12H22N4O2S/c1-17-8-3-6-15(7-9-18-2)11-13-14-12(19)16(11)10-4-5-10/h10H,3-9H2,1-2H3,(H,14,19). The molecule has 0 spiro atoms. The van der Waals surface area contributed by atoms with Gasteiger partial charge in [0.05, 0.1) is 6.61 Å². The number of rotatable bonds is 9. The largest absolute Gasteiger partial charge is 0.385 e. The van der Waals surface area contributed by atoms with Crippen molar-refractivity contribution in [2.45, 2.75) is 25.3 Å². The molecule has 6 nitrogen and oxygen atoms in total. The first-order chi connectivity index (χ1) is 9.27. The Kier molecular flexibility index (Phi) is 5.35. The maximum atomic E-state index is 5.32. The van der Waals surface area contributed by atoms with Crippen molar-refractivity contribution in [1.82, 2.24) is 14.8 Å². The van der Waals surface area contributed by atoms with Crippen LogP contribution in [0.1, 0.15) is 25.3 Å². The van der Waals surface area contributed by atoms with Gasteiger partial charge in [0.1, 0.15) is 0 Å². The minimum atomic E-state index is 0.522. The van der Waals surface area contributed by atoms with E-state index in [9.17, 15) is 0 Å². The first kappa shape index (κ1) is 14.5. The fourth-order valence-electron chi connectivity index (χ4n) is 2.09. The number of nitrogens with one attached hydrogen (secondary N) is 1. The number of hydrogen-bond acceptors (Lipinski definition) is 5. The van der Waals surface area contributed by atoms with E-state index in [0.29, 0.717) is 17.4 Å². The van der Waals surface area contributed by atoms with Crippen LogP contribution in [0.3, 0.4) is 0 Å². The molecule has 7 heteroatoms. The Hall–Kier alpha value is -0.920. The van der Waals surface area contributed by atoms with Crippen molar-refractivity contribution >= 4 is 18.2 Å². The van der Waals surface area contributed by atoms with Crippen LogP contribution in [-0.2, 0) is 9.47 Å². The Morgan fingerprint density at radius 2 is 2.05 bits per heavy atom. The summed E-state index contributed by atoms with van der Waals surface area (Å²) in [5, 5.41) is 7.29. The SMILES string of the molecule is COCCCN(CCOC)c1n[nH]c(=S)n1C1CC1. The van der Waals surface area contributed by atoms with Crippen LogP contribution in [0.25, 0.3) is 0 Å². The zero-order chi connectivity index (χ0) is 13.7. The second-order valence-corrected chi connectivity index (χ2v) is 5.14. The molecule has 1 aromatic heterocycles. The minimum absolute atomic E-state index is 0.522. The highest BCUT2D eigenvalue weighted by atomic mass is 32.1. The predicted molar refractivity (Wildman–Crippen MR) is 76.3 cm³/mol. The molecule has 0 aliphatic heterocycles. The topological polar surface area (TPSA) is 55.3 Å². The van der Waals surface area contributed by atoms with E-state index in [4.69, 9.17) is 21.7 Å². The van der Waals surface area contributed by atoms with Crippen molar-refractivity contribution in [3.63, 3.8) is 0 Å². The van der Waals surface area contributed by atoms with E-state index < -0.39 is 0 Å². The zero-order valence-corrected chi connectivity index (χ0v) is 12.4. The maximum absolute atomic E-state index is 5.32. The summed E-state index contributed by atoms with van der Waals surface area (Å²) in [6, 6.07) is 0.522. The zero-order valence-electron chi connectivity index (χ0n) is 11.6. The third kappa shape index (κ3) is 3.77. The maximum Gasteiger partial charge on any atom is 0.226 e. The Labute approximate surface area is 118 Å². The molecule has 1 saturated carbocycles. The second-order valence-electron chi connectivity index (χ2n) is 4.76. The van der Waals surface area contributed by atoms with Gasteiger partial charge in [-0.15, -0.1) is 5.10 Å². The molecule has 0 radical (unpaired) electrons. The molecule has 0 amide bonds. The lowest BCUT2D eigenvalue weighted by Crippen LogP contribution is -2.31. The smallest absolute Gasteiger partial charge is 0.226 e. The van der Waals surface area contributed by atoms with Crippen LogP contribution in [0.15, 0.2) is 0 Å². The Morgan fingerprint density at radius 3 is 2.68 bits per heavy atom. The summed E-state index contributed by atoms with van der Waals surface area (Å²) >= 11 is 5.32. The molecule has 2 rings (SSSR count). The van der Waals surface area contributed by atoms with E-state index >= 15 is 0 Å². The Bertz CT molecular complexity index is 441. The highest BCUT2D eigenvalue weighted by Crippen LogP contribution is 2.37. The average Bonchev–Trinajstić information content (AvgIpc) is 3.17. The van der Waals surface area contributed by atoms with E-state index in [1.165, 1.54) is 12.8 Å². The van der Waals surface area contributed by atoms with E-state index in [-0.39, 0.29) is 0 Å². The van der Waals surface area contributed by atoms with Gasteiger partial charge < -0.3 is 14.4 Å². The van der Waals surface area contributed by atoms with Gasteiger partial charge in [-0.2, -0.15) is 0 Å². The van der Waals surface area contributed by atoms with Crippen molar-refractivity contribution in [3.8, 4) is 0 Å². The molecular formula is C12H22N4O2S. The lowest BCUT2D eigenvalue weighted by molar-refractivity contribution is 0.190. The Balaban J connectivity index is 2.09. The predicted octanol–water partition coefficient (Wildman–Crippen LogP) is 1.76.